The van der Waals surface area contributed by atoms with Crippen molar-refractivity contribution in [3.05, 3.63) is 89.4 Å². The van der Waals surface area contributed by atoms with E-state index in [2.05, 4.69) is 10.3 Å². The minimum Gasteiger partial charge on any atom is -0.431 e. The van der Waals surface area contributed by atoms with Crippen LogP contribution in [0.1, 0.15) is 5.56 Å². The van der Waals surface area contributed by atoms with Crippen LogP contribution in [0.2, 0.25) is 5.02 Å². The fraction of sp³-hybridized carbons (Fsp3) is 0.0833. The zero-order valence-corrected chi connectivity index (χ0v) is 18.5. The molecule has 1 heterocycles. The molecule has 0 aliphatic carbocycles. The van der Waals surface area contributed by atoms with Gasteiger partial charge in [0.1, 0.15) is 5.69 Å². The van der Waals surface area contributed by atoms with Crippen LogP contribution < -0.4 is 5.32 Å². The third-order valence-electron chi connectivity index (χ3n) is 4.59. The monoisotopic (exact) mass is 488 g/mol. The number of benzene rings is 3. The Bertz CT molecular complexity index is 1200. The highest BCUT2D eigenvalue weighted by Gasteiger charge is 2.31. The van der Waals surface area contributed by atoms with Crippen LogP contribution in [0.5, 0.6) is 0 Å². The maximum atomic E-state index is 12.9. The van der Waals surface area contributed by atoms with Crippen LogP contribution in [0.3, 0.4) is 0 Å². The zero-order chi connectivity index (χ0) is 23.4. The second kappa shape index (κ2) is 9.72. The van der Waals surface area contributed by atoms with E-state index in [9.17, 15) is 18.0 Å². The zero-order valence-electron chi connectivity index (χ0n) is 16.9. The largest absolute Gasteiger partial charge is 0.431 e. The SMILES string of the molecule is O=C(CSc1nc(-c2ccccc2)c(-c2ccccc2)o1)Nc1cc(C(F)(F)F)ccc1Cl. The molecule has 3 aromatic carbocycles. The van der Waals surface area contributed by atoms with Crippen molar-refractivity contribution in [1.82, 2.24) is 4.98 Å². The molecule has 0 radical (unpaired) electrons. The smallest absolute Gasteiger partial charge is 0.416 e. The van der Waals surface area contributed by atoms with Crippen molar-refractivity contribution in [2.45, 2.75) is 11.4 Å². The molecule has 0 atom stereocenters. The van der Waals surface area contributed by atoms with Crippen molar-refractivity contribution < 1.29 is 22.4 Å². The molecule has 1 N–H and O–H groups in total. The van der Waals surface area contributed by atoms with Crippen LogP contribution in [0.15, 0.2) is 88.5 Å². The van der Waals surface area contributed by atoms with Gasteiger partial charge in [-0.3, -0.25) is 4.79 Å². The summed E-state index contributed by atoms with van der Waals surface area (Å²) >= 11 is 6.98. The molecule has 0 fully saturated rings. The summed E-state index contributed by atoms with van der Waals surface area (Å²) in [5, 5.41) is 2.69. The van der Waals surface area contributed by atoms with Crippen LogP contribution in [-0.4, -0.2) is 16.6 Å². The summed E-state index contributed by atoms with van der Waals surface area (Å²) in [6, 6.07) is 21.7. The van der Waals surface area contributed by atoms with Gasteiger partial charge in [0.25, 0.3) is 5.22 Å². The van der Waals surface area contributed by atoms with E-state index in [-0.39, 0.29) is 21.7 Å². The highest BCUT2D eigenvalue weighted by Crippen LogP contribution is 2.36. The highest BCUT2D eigenvalue weighted by molar-refractivity contribution is 7.99. The maximum absolute atomic E-state index is 12.9. The highest BCUT2D eigenvalue weighted by atomic mass is 35.5. The average Bonchev–Trinajstić information content (AvgIpc) is 3.24. The molecule has 0 aliphatic heterocycles. The van der Waals surface area contributed by atoms with E-state index in [4.69, 9.17) is 16.0 Å². The molecule has 33 heavy (non-hydrogen) atoms. The molecule has 1 aromatic heterocycles. The summed E-state index contributed by atoms with van der Waals surface area (Å²) in [4.78, 5) is 16.9. The van der Waals surface area contributed by atoms with Gasteiger partial charge in [-0.2, -0.15) is 13.2 Å². The molecule has 0 saturated carbocycles. The fourth-order valence-corrected chi connectivity index (χ4v) is 3.84. The van der Waals surface area contributed by atoms with Gasteiger partial charge < -0.3 is 9.73 Å². The summed E-state index contributed by atoms with van der Waals surface area (Å²) in [6.45, 7) is 0. The molecule has 1 amide bonds. The third-order valence-corrected chi connectivity index (χ3v) is 5.74. The van der Waals surface area contributed by atoms with Gasteiger partial charge in [0.15, 0.2) is 5.76 Å². The first-order valence-corrected chi connectivity index (χ1v) is 11.1. The number of hydrogen-bond donors (Lipinski definition) is 1. The molecule has 0 bridgehead atoms. The van der Waals surface area contributed by atoms with Crippen molar-refractivity contribution in [1.29, 1.82) is 0 Å². The van der Waals surface area contributed by atoms with E-state index >= 15 is 0 Å². The quantitative estimate of drug-likeness (QED) is 0.287. The van der Waals surface area contributed by atoms with Crippen molar-refractivity contribution in [3.8, 4) is 22.6 Å². The summed E-state index contributed by atoms with van der Waals surface area (Å²) in [7, 11) is 0. The minimum absolute atomic E-state index is 0.00945. The lowest BCUT2D eigenvalue weighted by Crippen LogP contribution is -2.15. The van der Waals surface area contributed by atoms with Gasteiger partial charge in [0, 0.05) is 11.1 Å². The van der Waals surface area contributed by atoms with E-state index in [0.29, 0.717) is 11.5 Å². The van der Waals surface area contributed by atoms with Gasteiger partial charge in [-0.1, -0.05) is 84.0 Å². The molecule has 168 valence electrons. The molecule has 4 rings (SSSR count). The van der Waals surface area contributed by atoms with Gasteiger partial charge in [0.05, 0.1) is 22.0 Å². The Hall–Kier alpha value is -3.23. The van der Waals surface area contributed by atoms with Crippen LogP contribution >= 0.6 is 23.4 Å². The number of rotatable bonds is 6. The second-order valence-corrected chi connectivity index (χ2v) is 8.25. The number of halogens is 4. The van der Waals surface area contributed by atoms with E-state index in [1.54, 1.807) is 0 Å². The average molecular weight is 489 g/mol. The van der Waals surface area contributed by atoms with Gasteiger partial charge in [-0.25, -0.2) is 4.98 Å². The molecule has 9 heteroatoms. The van der Waals surface area contributed by atoms with Gasteiger partial charge in [-0.15, -0.1) is 0 Å². The number of thioether (sulfide) groups is 1. The van der Waals surface area contributed by atoms with Crippen LogP contribution in [-0.2, 0) is 11.0 Å². The van der Waals surface area contributed by atoms with Crippen LogP contribution in [0, 0.1) is 0 Å². The maximum Gasteiger partial charge on any atom is 0.416 e. The van der Waals surface area contributed by atoms with E-state index < -0.39 is 17.6 Å². The summed E-state index contributed by atoms with van der Waals surface area (Å²) < 4.78 is 44.8. The number of alkyl halides is 3. The lowest BCUT2D eigenvalue weighted by Gasteiger charge is -2.11. The first-order chi connectivity index (χ1) is 15.8. The van der Waals surface area contributed by atoms with Crippen molar-refractivity contribution in [2.24, 2.45) is 0 Å². The lowest BCUT2D eigenvalue weighted by molar-refractivity contribution is -0.137. The van der Waals surface area contributed by atoms with Crippen LogP contribution in [0.25, 0.3) is 22.6 Å². The van der Waals surface area contributed by atoms with Crippen molar-refractivity contribution in [2.75, 3.05) is 11.1 Å². The number of amides is 1. The first kappa shape index (κ1) is 22.9. The van der Waals surface area contributed by atoms with Gasteiger partial charge >= 0.3 is 6.18 Å². The molecule has 0 unspecified atom stereocenters. The topological polar surface area (TPSA) is 55.1 Å². The van der Waals surface area contributed by atoms with E-state index in [1.165, 1.54) is 0 Å². The standard InChI is InChI=1S/C24H16ClF3N2O2S/c25-18-12-11-17(24(26,27)28)13-19(18)29-20(31)14-33-23-30-21(15-7-3-1-4-8-15)22(32-23)16-9-5-2-6-10-16/h1-13H,14H2,(H,29,31). The molecule has 4 nitrogen and oxygen atoms in total. The minimum atomic E-state index is -4.54. The third kappa shape index (κ3) is 5.58. The number of carbonyl (C=O) groups excluding carboxylic acids is 1. The van der Waals surface area contributed by atoms with Crippen molar-refractivity contribution in [3.63, 3.8) is 0 Å². The number of anilines is 1. The summed E-state index contributed by atoms with van der Waals surface area (Å²) in [5.74, 6) is -0.109. The molecular formula is C24H16ClF3N2O2S. The molecule has 0 spiro atoms. The number of aromatic nitrogens is 1. The number of nitrogens with zero attached hydrogens (tertiary/aromatic N) is 1. The number of nitrogens with one attached hydrogen (secondary N) is 1. The van der Waals surface area contributed by atoms with E-state index in [1.807, 2.05) is 60.7 Å². The Labute approximate surface area is 196 Å². The molecular weight excluding hydrogens is 473 g/mol. The predicted molar refractivity (Wildman–Crippen MR) is 123 cm³/mol. The number of carbonyl (C=O) groups is 1. The van der Waals surface area contributed by atoms with Crippen molar-refractivity contribution >= 4 is 35.0 Å². The molecule has 4 aromatic rings. The number of oxazole rings is 1. The number of hydrogen-bond acceptors (Lipinski definition) is 4. The predicted octanol–water partition coefficient (Wildman–Crippen LogP) is 7.41. The Morgan fingerprint density at radius 2 is 1.61 bits per heavy atom. The van der Waals surface area contributed by atoms with Crippen LogP contribution in [0.4, 0.5) is 18.9 Å². The Balaban J connectivity index is 1.52. The first-order valence-electron chi connectivity index (χ1n) is 9.72. The molecule has 0 aliphatic rings. The molecule has 0 saturated heterocycles. The van der Waals surface area contributed by atoms with Gasteiger partial charge in [-0.05, 0) is 18.2 Å². The Morgan fingerprint density at radius 1 is 0.970 bits per heavy atom. The van der Waals surface area contributed by atoms with Gasteiger partial charge in [0.2, 0.25) is 5.91 Å². The summed E-state index contributed by atoms with van der Waals surface area (Å²) in [5.41, 5.74) is 1.30. The Kier molecular flexibility index (Phi) is 6.76. The second-order valence-electron chi connectivity index (χ2n) is 6.92. The van der Waals surface area contributed by atoms with E-state index in [0.717, 1.165) is 41.1 Å². The normalized spacial score (nSPS) is 11.4. The lowest BCUT2D eigenvalue weighted by atomic mass is 10.1. The summed E-state index contributed by atoms with van der Waals surface area (Å²) in [6.07, 6.45) is -4.54. The Morgan fingerprint density at radius 3 is 2.24 bits per heavy atom. The fourth-order valence-electron chi connectivity index (χ4n) is 3.05.